The van der Waals surface area contributed by atoms with Crippen LogP contribution in [0.4, 0.5) is 0 Å². The second-order valence-electron chi connectivity index (χ2n) is 8.55. The van der Waals surface area contributed by atoms with Crippen LogP contribution in [0.1, 0.15) is 44.1 Å². The van der Waals surface area contributed by atoms with E-state index in [4.69, 9.17) is 4.74 Å². The van der Waals surface area contributed by atoms with E-state index in [9.17, 15) is 9.59 Å². The van der Waals surface area contributed by atoms with E-state index in [0.717, 1.165) is 45.4 Å². The highest BCUT2D eigenvalue weighted by molar-refractivity contribution is 5.75. The molecule has 1 amide bonds. The van der Waals surface area contributed by atoms with Crippen LogP contribution < -0.4 is 5.32 Å². The van der Waals surface area contributed by atoms with Crippen molar-refractivity contribution in [2.75, 3.05) is 33.3 Å². The Morgan fingerprint density at radius 1 is 1.21 bits per heavy atom. The van der Waals surface area contributed by atoms with Crippen LogP contribution in [0.5, 0.6) is 0 Å². The monoisotopic (exact) mass is 385 g/mol. The molecule has 2 heterocycles. The van der Waals surface area contributed by atoms with Gasteiger partial charge in [-0.1, -0.05) is 30.3 Å². The van der Waals surface area contributed by atoms with Crippen LogP contribution >= 0.6 is 0 Å². The fourth-order valence-corrected chi connectivity index (χ4v) is 5.14. The molecule has 1 aromatic rings. The highest BCUT2D eigenvalue weighted by Crippen LogP contribution is 2.46. The van der Waals surface area contributed by atoms with Gasteiger partial charge in [-0.25, -0.2) is 0 Å². The number of carbonyl (C=O) groups excluding carboxylic acids is 2. The molecule has 1 saturated carbocycles. The van der Waals surface area contributed by atoms with Crippen LogP contribution in [0.15, 0.2) is 30.3 Å². The maximum Gasteiger partial charge on any atom is 0.307 e. The first-order valence-electron chi connectivity index (χ1n) is 10.4. The summed E-state index contributed by atoms with van der Waals surface area (Å²) in [5, 5.41) is 3.32. The molecule has 0 spiro atoms. The topological polar surface area (TPSA) is 61.9 Å². The highest BCUT2D eigenvalue weighted by Gasteiger charge is 2.49. The molecule has 0 bridgehead atoms. The number of methoxy groups -OCH3 is 1. The van der Waals surface area contributed by atoms with Gasteiger partial charge >= 0.3 is 5.97 Å². The van der Waals surface area contributed by atoms with E-state index in [1.165, 1.54) is 12.7 Å². The molecular weight excluding hydrogens is 354 g/mol. The molecule has 2 atom stereocenters. The first-order valence-corrected chi connectivity index (χ1v) is 10.4. The van der Waals surface area contributed by atoms with Crippen LogP contribution in [0.3, 0.4) is 0 Å². The largest absolute Gasteiger partial charge is 0.469 e. The maximum atomic E-state index is 12.5. The number of esters is 1. The molecule has 3 aliphatic rings. The molecule has 152 valence electrons. The number of nitrogens with zero attached hydrogens (tertiary/aromatic N) is 2. The predicted octanol–water partition coefficient (Wildman–Crippen LogP) is 1.76. The molecule has 1 N–H and O–H groups in total. The van der Waals surface area contributed by atoms with Gasteiger partial charge < -0.3 is 15.0 Å². The number of piperidine rings is 1. The van der Waals surface area contributed by atoms with E-state index >= 15 is 0 Å². The Hall–Kier alpha value is -1.92. The normalized spacial score (nSPS) is 26.9. The zero-order valence-electron chi connectivity index (χ0n) is 16.9. The van der Waals surface area contributed by atoms with E-state index in [-0.39, 0.29) is 17.4 Å². The fourth-order valence-electron chi connectivity index (χ4n) is 5.14. The van der Waals surface area contributed by atoms with Gasteiger partial charge in [0.05, 0.1) is 19.1 Å². The quantitative estimate of drug-likeness (QED) is 0.756. The molecule has 0 aromatic heterocycles. The Bertz CT molecular complexity index is 711. The molecule has 6 nitrogen and oxygen atoms in total. The second kappa shape index (κ2) is 7.84. The Labute approximate surface area is 167 Å². The van der Waals surface area contributed by atoms with Crippen molar-refractivity contribution < 1.29 is 14.3 Å². The third kappa shape index (κ3) is 3.67. The van der Waals surface area contributed by atoms with Crippen LogP contribution in [0.25, 0.3) is 0 Å². The lowest BCUT2D eigenvalue weighted by Crippen LogP contribution is -2.71. The molecule has 3 fully saturated rings. The molecule has 1 aliphatic carbocycles. The molecule has 2 aliphatic heterocycles. The van der Waals surface area contributed by atoms with Gasteiger partial charge in [-0.15, -0.1) is 0 Å². The number of hydrogen-bond acceptors (Lipinski definition) is 5. The van der Waals surface area contributed by atoms with E-state index in [1.54, 1.807) is 6.92 Å². The molecule has 2 saturated heterocycles. The number of nitrogens with one attached hydrogen (secondary N) is 1. The average molecular weight is 386 g/mol. The van der Waals surface area contributed by atoms with Crippen molar-refractivity contribution in [3.05, 3.63) is 35.9 Å². The summed E-state index contributed by atoms with van der Waals surface area (Å²) in [6.07, 6.45) is 3.46. The minimum Gasteiger partial charge on any atom is -0.469 e. The highest BCUT2D eigenvalue weighted by atomic mass is 16.5. The van der Waals surface area contributed by atoms with E-state index < -0.39 is 0 Å². The minimum absolute atomic E-state index is 0.106. The van der Waals surface area contributed by atoms with Crippen molar-refractivity contribution in [3.63, 3.8) is 0 Å². The van der Waals surface area contributed by atoms with Gasteiger partial charge in [0.1, 0.15) is 0 Å². The standard InChI is InChI=1S/C22H31N3O3/c1-16(26)25(20-12-19(20)17-6-4-3-5-7-17)18-8-10-24(11-9-18)22(14-23-15-22)13-21(27)28-2/h3-7,18-20,23H,8-15H2,1-2H3/t19?,20-/m1/s1. The number of likely N-dealkylation sites (tertiary alicyclic amines) is 1. The summed E-state index contributed by atoms with van der Waals surface area (Å²) < 4.78 is 4.91. The molecule has 0 radical (unpaired) electrons. The number of hydrogen-bond donors (Lipinski definition) is 1. The van der Waals surface area contributed by atoms with Gasteiger partial charge in [0, 0.05) is 51.1 Å². The second-order valence-corrected chi connectivity index (χ2v) is 8.55. The predicted molar refractivity (Wildman–Crippen MR) is 107 cm³/mol. The van der Waals surface area contributed by atoms with Crippen LogP contribution in [0.2, 0.25) is 0 Å². The fraction of sp³-hybridized carbons (Fsp3) is 0.636. The number of ether oxygens (including phenoxy) is 1. The van der Waals surface area contributed by atoms with Crippen molar-refractivity contribution in [1.82, 2.24) is 15.1 Å². The lowest BCUT2D eigenvalue weighted by atomic mass is 9.84. The molecule has 1 unspecified atom stereocenters. The zero-order chi connectivity index (χ0) is 19.7. The third-order valence-electron chi connectivity index (χ3n) is 6.84. The SMILES string of the molecule is COC(=O)CC1(N2CCC(N(C(C)=O)[C@@H]3CC3c3ccccc3)CC2)CNC1. The van der Waals surface area contributed by atoms with Crippen molar-refractivity contribution in [3.8, 4) is 0 Å². The van der Waals surface area contributed by atoms with E-state index in [1.807, 2.05) is 6.07 Å². The Morgan fingerprint density at radius 2 is 1.89 bits per heavy atom. The summed E-state index contributed by atoms with van der Waals surface area (Å²) >= 11 is 0. The van der Waals surface area contributed by atoms with Gasteiger partial charge in [-0.2, -0.15) is 0 Å². The lowest BCUT2D eigenvalue weighted by Gasteiger charge is -2.53. The Morgan fingerprint density at radius 3 is 2.43 bits per heavy atom. The van der Waals surface area contributed by atoms with Gasteiger partial charge in [0.15, 0.2) is 0 Å². The number of benzene rings is 1. The molecule has 4 rings (SSSR count). The summed E-state index contributed by atoms with van der Waals surface area (Å²) in [6, 6.07) is 11.2. The van der Waals surface area contributed by atoms with Crippen molar-refractivity contribution in [2.24, 2.45) is 0 Å². The molecular formula is C22H31N3O3. The van der Waals surface area contributed by atoms with Crippen molar-refractivity contribution in [2.45, 2.75) is 56.1 Å². The summed E-state index contributed by atoms with van der Waals surface area (Å²) in [7, 11) is 1.46. The molecule has 6 heteroatoms. The average Bonchev–Trinajstić information content (AvgIpc) is 3.46. The summed E-state index contributed by atoms with van der Waals surface area (Å²) in [5.41, 5.74) is 1.24. The first kappa shape index (κ1) is 19.4. The smallest absolute Gasteiger partial charge is 0.307 e. The van der Waals surface area contributed by atoms with Crippen molar-refractivity contribution in [1.29, 1.82) is 0 Å². The van der Waals surface area contributed by atoms with Crippen LogP contribution in [0, 0.1) is 0 Å². The molecule has 1 aromatic carbocycles. The zero-order valence-corrected chi connectivity index (χ0v) is 16.9. The summed E-state index contributed by atoms with van der Waals surface area (Å²) in [5.74, 6) is 0.527. The van der Waals surface area contributed by atoms with Gasteiger partial charge in [0.2, 0.25) is 5.91 Å². The summed E-state index contributed by atoms with van der Waals surface area (Å²) in [4.78, 5) is 28.9. The third-order valence-corrected chi connectivity index (χ3v) is 6.84. The van der Waals surface area contributed by atoms with Gasteiger partial charge in [-0.3, -0.25) is 14.5 Å². The number of amides is 1. The van der Waals surface area contributed by atoms with Crippen LogP contribution in [-0.4, -0.2) is 72.6 Å². The first-order chi connectivity index (χ1) is 13.5. The molecule has 28 heavy (non-hydrogen) atoms. The van der Waals surface area contributed by atoms with E-state index in [2.05, 4.69) is 39.4 Å². The maximum absolute atomic E-state index is 12.5. The summed E-state index contributed by atoms with van der Waals surface area (Å²) in [6.45, 7) is 5.23. The van der Waals surface area contributed by atoms with Gasteiger partial charge in [-0.05, 0) is 24.8 Å². The Kier molecular flexibility index (Phi) is 5.43. The van der Waals surface area contributed by atoms with Gasteiger partial charge in [0.25, 0.3) is 0 Å². The van der Waals surface area contributed by atoms with Crippen molar-refractivity contribution >= 4 is 11.9 Å². The number of carbonyl (C=O) groups is 2. The lowest BCUT2D eigenvalue weighted by molar-refractivity contribution is -0.146. The Balaban J connectivity index is 1.38. The minimum atomic E-state index is -0.141. The number of rotatable bonds is 6. The van der Waals surface area contributed by atoms with Crippen LogP contribution in [-0.2, 0) is 14.3 Å². The van der Waals surface area contributed by atoms with E-state index in [0.29, 0.717) is 24.4 Å².